The van der Waals surface area contributed by atoms with E-state index in [1.807, 2.05) is 6.92 Å². The van der Waals surface area contributed by atoms with Gasteiger partial charge in [0.1, 0.15) is 0 Å². The van der Waals surface area contributed by atoms with Gasteiger partial charge in [0.2, 0.25) is 5.91 Å². The molecule has 6 nitrogen and oxygen atoms in total. The number of aromatic nitrogens is 2. The Labute approximate surface area is 110 Å². The van der Waals surface area contributed by atoms with Gasteiger partial charge in [-0.25, -0.2) is 0 Å². The van der Waals surface area contributed by atoms with Crippen LogP contribution in [0.5, 0.6) is 0 Å². The summed E-state index contributed by atoms with van der Waals surface area (Å²) >= 11 is 5.59. The van der Waals surface area contributed by atoms with Crippen LogP contribution in [0.3, 0.4) is 0 Å². The van der Waals surface area contributed by atoms with Crippen LogP contribution in [0.25, 0.3) is 0 Å². The number of nitrogens with two attached hydrogens (primary N) is 1. The van der Waals surface area contributed by atoms with Gasteiger partial charge in [0, 0.05) is 6.54 Å². The van der Waals surface area contributed by atoms with Crippen molar-refractivity contribution >= 4 is 23.4 Å². The third-order valence-corrected chi connectivity index (χ3v) is 2.47. The fourth-order valence-corrected chi connectivity index (χ4v) is 1.48. The van der Waals surface area contributed by atoms with Crippen LogP contribution in [0, 0.1) is 0 Å². The molecule has 1 aromatic rings. The van der Waals surface area contributed by atoms with Gasteiger partial charge in [0.15, 0.2) is 10.8 Å². The summed E-state index contributed by atoms with van der Waals surface area (Å²) in [4.78, 5) is 24.4. The van der Waals surface area contributed by atoms with Crippen molar-refractivity contribution in [1.29, 1.82) is 0 Å². The summed E-state index contributed by atoms with van der Waals surface area (Å²) in [7, 11) is 0. The van der Waals surface area contributed by atoms with E-state index < -0.39 is 5.91 Å². The number of hydrogen-bond acceptors (Lipinski definition) is 4. The van der Waals surface area contributed by atoms with Crippen molar-refractivity contribution < 1.29 is 9.59 Å². The van der Waals surface area contributed by atoms with Crippen LogP contribution in [-0.4, -0.2) is 40.0 Å². The minimum absolute atomic E-state index is 0.122. The molecule has 0 unspecified atom stereocenters. The molecule has 1 heterocycles. The van der Waals surface area contributed by atoms with Crippen LogP contribution in [-0.2, 0) is 4.79 Å². The van der Waals surface area contributed by atoms with Crippen molar-refractivity contribution in [2.75, 3.05) is 13.1 Å². The van der Waals surface area contributed by atoms with Crippen LogP contribution in [0.15, 0.2) is 12.1 Å². The Morgan fingerprint density at radius 1 is 1.39 bits per heavy atom. The van der Waals surface area contributed by atoms with E-state index in [1.165, 1.54) is 17.0 Å². The molecule has 0 fully saturated rings. The predicted octanol–water partition coefficient (Wildman–Crippen LogP) is 0.858. The average molecular weight is 271 g/mol. The molecule has 1 aromatic heterocycles. The molecular weight excluding hydrogens is 256 g/mol. The number of amides is 2. The van der Waals surface area contributed by atoms with E-state index in [-0.39, 0.29) is 23.3 Å². The number of unbranched alkanes of at least 4 members (excludes halogenated alkanes) is 1. The Balaban J connectivity index is 2.80. The van der Waals surface area contributed by atoms with Crippen molar-refractivity contribution in [2.45, 2.75) is 19.8 Å². The van der Waals surface area contributed by atoms with Gasteiger partial charge in [0.25, 0.3) is 5.91 Å². The maximum atomic E-state index is 12.1. The summed E-state index contributed by atoms with van der Waals surface area (Å²) in [6.45, 7) is 2.33. The molecule has 98 valence electrons. The highest BCUT2D eigenvalue weighted by Crippen LogP contribution is 2.06. The molecule has 0 radical (unpaired) electrons. The summed E-state index contributed by atoms with van der Waals surface area (Å²) in [6.07, 6.45) is 1.70. The Morgan fingerprint density at radius 2 is 2.11 bits per heavy atom. The predicted molar refractivity (Wildman–Crippen MR) is 67.0 cm³/mol. The van der Waals surface area contributed by atoms with Gasteiger partial charge in [-0.1, -0.05) is 24.9 Å². The largest absolute Gasteiger partial charge is 0.368 e. The fourth-order valence-electron chi connectivity index (χ4n) is 1.38. The first-order valence-electron chi connectivity index (χ1n) is 5.61. The lowest BCUT2D eigenvalue weighted by Crippen LogP contribution is -2.39. The monoisotopic (exact) mass is 270 g/mol. The van der Waals surface area contributed by atoms with E-state index in [2.05, 4.69) is 10.2 Å². The summed E-state index contributed by atoms with van der Waals surface area (Å²) in [6, 6.07) is 2.95. The summed E-state index contributed by atoms with van der Waals surface area (Å²) in [5.74, 6) is -0.923. The second-order valence-electron chi connectivity index (χ2n) is 3.79. The highest BCUT2D eigenvalue weighted by molar-refractivity contribution is 6.29. The molecule has 2 amide bonds. The van der Waals surface area contributed by atoms with Crippen molar-refractivity contribution in [1.82, 2.24) is 15.1 Å². The van der Waals surface area contributed by atoms with Gasteiger partial charge < -0.3 is 10.6 Å². The van der Waals surface area contributed by atoms with E-state index in [1.54, 1.807) is 0 Å². The van der Waals surface area contributed by atoms with Crippen LogP contribution in [0.2, 0.25) is 5.15 Å². The van der Waals surface area contributed by atoms with Gasteiger partial charge >= 0.3 is 0 Å². The first kappa shape index (κ1) is 14.4. The molecule has 7 heteroatoms. The Morgan fingerprint density at radius 3 is 2.61 bits per heavy atom. The first-order valence-corrected chi connectivity index (χ1v) is 5.99. The molecule has 0 spiro atoms. The first-order chi connectivity index (χ1) is 8.54. The molecule has 0 aromatic carbocycles. The average Bonchev–Trinajstić information content (AvgIpc) is 2.34. The van der Waals surface area contributed by atoms with Crippen LogP contribution in [0.4, 0.5) is 0 Å². The molecule has 2 N–H and O–H groups in total. The molecule has 1 rings (SSSR count). The SMILES string of the molecule is CCCCN(CC(N)=O)C(=O)c1ccc(Cl)nn1. The number of hydrogen-bond donors (Lipinski definition) is 1. The van der Waals surface area contributed by atoms with Crippen LogP contribution in [0.1, 0.15) is 30.3 Å². The maximum absolute atomic E-state index is 12.1. The van der Waals surface area contributed by atoms with Gasteiger partial charge in [0.05, 0.1) is 6.54 Å². The maximum Gasteiger partial charge on any atom is 0.274 e. The topological polar surface area (TPSA) is 89.2 Å². The molecule has 0 aliphatic heterocycles. The number of carbonyl (C=O) groups excluding carboxylic acids is 2. The fraction of sp³-hybridized carbons (Fsp3) is 0.455. The zero-order valence-electron chi connectivity index (χ0n) is 10.1. The second-order valence-corrected chi connectivity index (χ2v) is 4.18. The van der Waals surface area contributed by atoms with E-state index in [4.69, 9.17) is 17.3 Å². The van der Waals surface area contributed by atoms with Crippen molar-refractivity contribution in [3.8, 4) is 0 Å². The molecule has 0 saturated carbocycles. The lowest BCUT2D eigenvalue weighted by Gasteiger charge is -2.20. The normalized spacial score (nSPS) is 10.1. The van der Waals surface area contributed by atoms with Crippen molar-refractivity contribution in [3.63, 3.8) is 0 Å². The summed E-state index contributed by atoms with van der Waals surface area (Å²) in [5.41, 5.74) is 5.26. The Kier molecular flexibility index (Phi) is 5.51. The third kappa shape index (κ3) is 4.29. The zero-order chi connectivity index (χ0) is 13.5. The smallest absolute Gasteiger partial charge is 0.274 e. The molecule has 0 aliphatic rings. The summed E-state index contributed by atoms with van der Waals surface area (Å²) < 4.78 is 0. The highest BCUT2D eigenvalue weighted by atomic mass is 35.5. The van der Waals surface area contributed by atoms with Gasteiger partial charge in [-0.2, -0.15) is 0 Å². The number of nitrogens with zero attached hydrogens (tertiary/aromatic N) is 3. The standard InChI is InChI=1S/C11H15ClN4O2/c1-2-3-6-16(7-10(13)17)11(18)8-4-5-9(12)15-14-8/h4-5H,2-3,6-7H2,1H3,(H2,13,17). The summed E-state index contributed by atoms with van der Waals surface area (Å²) in [5, 5.41) is 7.49. The third-order valence-electron chi connectivity index (χ3n) is 2.27. The van der Waals surface area contributed by atoms with Gasteiger partial charge in [-0.3, -0.25) is 9.59 Å². The lowest BCUT2D eigenvalue weighted by molar-refractivity contribution is -0.118. The number of primary amides is 1. The molecule has 0 saturated heterocycles. The van der Waals surface area contributed by atoms with Crippen molar-refractivity contribution in [2.24, 2.45) is 5.73 Å². The molecule has 0 aliphatic carbocycles. The molecule has 18 heavy (non-hydrogen) atoms. The van der Waals surface area contributed by atoms with Gasteiger partial charge in [-0.05, 0) is 18.6 Å². The Bertz CT molecular complexity index is 422. The van der Waals surface area contributed by atoms with Crippen LogP contribution < -0.4 is 5.73 Å². The highest BCUT2D eigenvalue weighted by Gasteiger charge is 2.18. The lowest BCUT2D eigenvalue weighted by atomic mass is 10.2. The minimum Gasteiger partial charge on any atom is -0.368 e. The van der Waals surface area contributed by atoms with Crippen molar-refractivity contribution in [3.05, 3.63) is 23.0 Å². The Hall–Kier alpha value is -1.69. The van der Waals surface area contributed by atoms with E-state index in [0.29, 0.717) is 6.54 Å². The van der Waals surface area contributed by atoms with E-state index in [0.717, 1.165) is 12.8 Å². The molecule has 0 bridgehead atoms. The second kappa shape index (κ2) is 6.90. The molecule has 0 atom stereocenters. The van der Waals surface area contributed by atoms with E-state index in [9.17, 15) is 9.59 Å². The number of rotatable bonds is 6. The van der Waals surface area contributed by atoms with E-state index >= 15 is 0 Å². The number of halogens is 1. The number of carbonyl (C=O) groups is 2. The zero-order valence-corrected chi connectivity index (χ0v) is 10.9. The van der Waals surface area contributed by atoms with Gasteiger partial charge in [-0.15, -0.1) is 10.2 Å². The van der Waals surface area contributed by atoms with Crippen LogP contribution >= 0.6 is 11.6 Å². The molecular formula is C11H15ClN4O2. The minimum atomic E-state index is -0.554. The quantitative estimate of drug-likeness (QED) is 0.830.